The highest BCUT2D eigenvalue weighted by Gasteiger charge is 2.16. The topological polar surface area (TPSA) is 59.9 Å². The van der Waals surface area contributed by atoms with Crippen LogP contribution in [0, 0.1) is 6.92 Å². The molecule has 28 heavy (non-hydrogen) atoms. The number of halogens is 1. The Kier molecular flexibility index (Phi) is 9.70. The van der Waals surface area contributed by atoms with E-state index in [2.05, 4.69) is 63.8 Å². The molecule has 0 unspecified atom stereocenters. The van der Waals surface area contributed by atoms with Gasteiger partial charge in [-0.15, -0.1) is 35.3 Å². The number of hydrogen-bond donors (Lipinski definition) is 3. The minimum atomic E-state index is -0.110. The van der Waals surface area contributed by atoms with Crippen LogP contribution >= 0.6 is 35.3 Å². The third-order valence-corrected chi connectivity index (χ3v) is 5.90. The number of nitrogens with one attached hydrogen (secondary N) is 2. The molecule has 5 nitrogen and oxygen atoms in total. The molecule has 0 spiro atoms. The summed E-state index contributed by atoms with van der Waals surface area (Å²) in [5, 5.41) is 16.3. The van der Waals surface area contributed by atoms with Crippen molar-refractivity contribution >= 4 is 41.3 Å². The van der Waals surface area contributed by atoms with Crippen molar-refractivity contribution in [3.8, 4) is 0 Å². The molecule has 2 aromatic rings. The van der Waals surface area contributed by atoms with Crippen LogP contribution in [0.25, 0.3) is 0 Å². The second-order valence-electron chi connectivity index (χ2n) is 7.12. The van der Waals surface area contributed by atoms with Crippen molar-refractivity contribution in [3.63, 3.8) is 0 Å². The van der Waals surface area contributed by atoms with Gasteiger partial charge < -0.3 is 15.7 Å². The standard InChI is InChI=1S/C21H30N4OS.HI/c1-16-3-8-20(27-16)14-24-21(22-2)23-13-17-4-6-18(7-5-17)15-25-11-9-19(26)10-12-25;/h3-8,19,26H,9-15H2,1-2H3,(H2,22,23,24);1H. The highest BCUT2D eigenvalue weighted by molar-refractivity contribution is 14.0. The summed E-state index contributed by atoms with van der Waals surface area (Å²) in [5.74, 6) is 0.817. The Morgan fingerprint density at radius 3 is 2.32 bits per heavy atom. The first-order valence-corrected chi connectivity index (χ1v) is 10.4. The van der Waals surface area contributed by atoms with Gasteiger partial charge in [0.2, 0.25) is 0 Å². The average molecular weight is 514 g/mol. The molecule has 1 saturated heterocycles. The van der Waals surface area contributed by atoms with Gasteiger partial charge in [-0.2, -0.15) is 0 Å². The van der Waals surface area contributed by atoms with E-state index in [1.165, 1.54) is 20.9 Å². The van der Waals surface area contributed by atoms with Crippen LogP contribution in [0.5, 0.6) is 0 Å². The summed E-state index contributed by atoms with van der Waals surface area (Å²) in [4.78, 5) is 9.35. The molecular formula is C21H31IN4OS. The molecule has 0 amide bonds. The van der Waals surface area contributed by atoms with Gasteiger partial charge in [0.05, 0.1) is 12.6 Å². The fourth-order valence-electron chi connectivity index (χ4n) is 3.26. The Bertz CT molecular complexity index is 739. The van der Waals surface area contributed by atoms with Gasteiger partial charge in [0.25, 0.3) is 0 Å². The second kappa shape index (κ2) is 11.7. The van der Waals surface area contributed by atoms with Crippen LogP contribution in [0.2, 0.25) is 0 Å². The van der Waals surface area contributed by atoms with E-state index in [0.29, 0.717) is 0 Å². The normalized spacial score (nSPS) is 15.9. The van der Waals surface area contributed by atoms with Crippen LogP contribution < -0.4 is 10.6 Å². The minimum absolute atomic E-state index is 0. The van der Waals surface area contributed by atoms with Gasteiger partial charge in [0.1, 0.15) is 0 Å². The lowest BCUT2D eigenvalue weighted by Crippen LogP contribution is -2.36. The van der Waals surface area contributed by atoms with Gasteiger partial charge >= 0.3 is 0 Å². The number of benzene rings is 1. The average Bonchev–Trinajstić information content (AvgIpc) is 3.10. The van der Waals surface area contributed by atoms with Gasteiger partial charge in [-0.1, -0.05) is 24.3 Å². The summed E-state index contributed by atoms with van der Waals surface area (Å²) in [6.07, 6.45) is 1.67. The number of rotatable bonds is 6. The zero-order valence-electron chi connectivity index (χ0n) is 16.6. The van der Waals surface area contributed by atoms with E-state index in [-0.39, 0.29) is 30.1 Å². The Balaban J connectivity index is 0.00000280. The summed E-state index contributed by atoms with van der Waals surface area (Å²) in [6.45, 7) is 6.59. The first kappa shape index (κ1) is 23.1. The molecule has 2 heterocycles. The van der Waals surface area contributed by atoms with Gasteiger partial charge in [-0.3, -0.25) is 9.89 Å². The SMILES string of the molecule is CN=C(NCc1ccc(CN2CCC(O)CC2)cc1)NCc1ccc(C)s1.I. The highest BCUT2D eigenvalue weighted by Crippen LogP contribution is 2.15. The zero-order chi connectivity index (χ0) is 19.1. The summed E-state index contributed by atoms with van der Waals surface area (Å²) in [5.41, 5.74) is 2.56. The number of hydrogen-bond acceptors (Lipinski definition) is 4. The molecule has 0 aliphatic carbocycles. The van der Waals surface area contributed by atoms with E-state index < -0.39 is 0 Å². The van der Waals surface area contributed by atoms with Gasteiger partial charge in [0.15, 0.2) is 5.96 Å². The lowest BCUT2D eigenvalue weighted by Gasteiger charge is -2.29. The molecular weight excluding hydrogens is 483 g/mol. The second-order valence-corrected chi connectivity index (χ2v) is 8.49. The van der Waals surface area contributed by atoms with E-state index >= 15 is 0 Å². The third-order valence-electron chi connectivity index (χ3n) is 4.90. The smallest absolute Gasteiger partial charge is 0.191 e. The number of aliphatic imine (C=N–C) groups is 1. The first-order valence-electron chi connectivity index (χ1n) is 9.60. The molecule has 0 saturated carbocycles. The van der Waals surface area contributed by atoms with Gasteiger partial charge in [0, 0.05) is 43.0 Å². The van der Waals surface area contributed by atoms with Crippen LogP contribution in [-0.4, -0.2) is 42.2 Å². The van der Waals surface area contributed by atoms with E-state index in [1.54, 1.807) is 7.05 Å². The molecule has 0 atom stereocenters. The number of aliphatic hydroxyl groups excluding tert-OH is 1. The number of aryl methyl sites for hydroxylation is 1. The van der Waals surface area contributed by atoms with Crippen LogP contribution in [0.4, 0.5) is 0 Å². The molecule has 1 aliphatic rings. The van der Waals surface area contributed by atoms with Gasteiger partial charge in [-0.25, -0.2) is 0 Å². The van der Waals surface area contributed by atoms with Crippen LogP contribution in [0.3, 0.4) is 0 Å². The number of likely N-dealkylation sites (tertiary alicyclic amines) is 1. The summed E-state index contributed by atoms with van der Waals surface area (Å²) < 4.78 is 0. The fourth-order valence-corrected chi connectivity index (χ4v) is 4.09. The van der Waals surface area contributed by atoms with E-state index in [9.17, 15) is 5.11 Å². The van der Waals surface area contributed by atoms with Crippen molar-refractivity contribution in [2.75, 3.05) is 20.1 Å². The molecule has 3 N–H and O–H groups in total. The highest BCUT2D eigenvalue weighted by atomic mass is 127. The lowest BCUT2D eigenvalue weighted by molar-refractivity contribution is 0.0792. The molecule has 154 valence electrons. The quantitative estimate of drug-likeness (QED) is 0.314. The Hall–Kier alpha value is -1.16. The predicted octanol–water partition coefficient (Wildman–Crippen LogP) is 3.50. The van der Waals surface area contributed by atoms with Crippen molar-refractivity contribution in [2.45, 2.75) is 45.5 Å². The van der Waals surface area contributed by atoms with Gasteiger partial charge in [-0.05, 0) is 43.0 Å². The lowest BCUT2D eigenvalue weighted by atomic mass is 10.1. The van der Waals surface area contributed by atoms with Crippen LogP contribution in [0.15, 0.2) is 41.4 Å². The summed E-state index contributed by atoms with van der Waals surface area (Å²) in [7, 11) is 1.80. The molecule has 0 bridgehead atoms. The number of piperidine rings is 1. The molecule has 1 fully saturated rings. The molecule has 0 radical (unpaired) electrons. The van der Waals surface area contributed by atoms with Crippen molar-refractivity contribution in [1.29, 1.82) is 0 Å². The monoisotopic (exact) mass is 514 g/mol. The number of aliphatic hydroxyl groups is 1. The third kappa shape index (κ3) is 7.35. The largest absolute Gasteiger partial charge is 0.393 e. The maximum atomic E-state index is 9.61. The van der Waals surface area contributed by atoms with Crippen molar-refractivity contribution in [2.24, 2.45) is 4.99 Å². The van der Waals surface area contributed by atoms with Crippen LogP contribution in [-0.2, 0) is 19.6 Å². The molecule has 1 aromatic carbocycles. The molecule has 3 rings (SSSR count). The van der Waals surface area contributed by atoms with Crippen molar-refractivity contribution in [3.05, 3.63) is 57.3 Å². The van der Waals surface area contributed by atoms with Crippen molar-refractivity contribution in [1.82, 2.24) is 15.5 Å². The zero-order valence-corrected chi connectivity index (χ0v) is 19.8. The first-order chi connectivity index (χ1) is 13.1. The fraction of sp³-hybridized carbons (Fsp3) is 0.476. The predicted molar refractivity (Wildman–Crippen MR) is 128 cm³/mol. The number of guanidine groups is 1. The molecule has 1 aromatic heterocycles. The number of nitrogens with zero attached hydrogens (tertiary/aromatic N) is 2. The summed E-state index contributed by atoms with van der Waals surface area (Å²) in [6, 6.07) is 13.1. The Morgan fingerprint density at radius 1 is 1.07 bits per heavy atom. The van der Waals surface area contributed by atoms with E-state index in [0.717, 1.165) is 51.5 Å². The molecule has 1 aliphatic heterocycles. The molecule has 7 heteroatoms. The number of thiophene rings is 1. The van der Waals surface area contributed by atoms with E-state index in [4.69, 9.17) is 0 Å². The van der Waals surface area contributed by atoms with E-state index in [1.807, 2.05) is 11.3 Å². The Morgan fingerprint density at radius 2 is 1.71 bits per heavy atom. The van der Waals surface area contributed by atoms with Crippen molar-refractivity contribution < 1.29 is 5.11 Å². The maximum Gasteiger partial charge on any atom is 0.191 e. The minimum Gasteiger partial charge on any atom is -0.393 e. The maximum absolute atomic E-state index is 9.61. The Labute approximate surface area is 189 Å². The summed E-state index contributed by atoms with van der Waals surface area (Å²) >= 11 is 1.81. The van der Waals surface area contributed by atoms with Crippen LogP contribution in [0.1, 0.15) is 33.7 Å².